The van der Waals surface area contributed by atoms with E-state index in [1.54, 1.807) is 6.08 Å². The highest BCUT2D eigenvalue weighted by Crippen LogP contribution is 2.09. The van der Waals surface area contributed by atoms with Crippen LogP contribution in [0.1, 0.15) is 19.8 Å². The summed E-state index contributed by atoms with van der Waals surface area (Å²) >= 11 is 0. The van der Waals surface area contributed by atoms with Crippen molar-refractivity contribution in [2.24, 2.45) is 0 Å². The molecule has 1 aliphatic carbocycles. The van der Waals surface area contributed by atoms with E-state index in [2.05, 4.69) is 29.4 Å². The number of hydrogen-bond donors (Lipinski definition) is 2. The molecule has 0 saturated carbocycles. The molecule has 0 fully saturated rings. The summed E-state index contributed by atoms with van der Waals surface area (Å²) in [4.78, 5) is 11.4. The topological polar surface area (TPSA) is 41.1 Å². The SMILES string of the molecule is C=CCNC(=O)C(C)NC1CC=CC1. The largest absolute Gasteiger partial charge is 0.351 e. The van der Waals surface area contributed by atoms with Crippen molar-refractivity contribution in [3.05, 3.63) is 24.8 Å². The maximum atomic E-state index is 11.4. The first kappa shape index (κ1) is 11.0. The molecule has 0 aromatic carbocycles. The second-order valence-electron chi connectivity index (χ2n) is 3.56. The minimum Gasteiger partial charge on any atom is -0.351 e. The van der Waals surface area contributed by atoms with E-state index >= 15 is 0 Å². The number of hydrogen-bond acceptors (Lipinski definition) is 2. The fraction of sp³-hybridized carbons (Fsp3) is 0.545. The van der Waals surface area contributed by atoms with E-state index < -0.39 is 0 Å². The molecule has 78 valence electrons. The molecular weight excluding hydrogens is 176 g/mol. The molecule has 0 aliphatic heterocycles. The maximum Gasteiger partial charge on any atom is 0.237 e. The average Bonchev–Trinajstić information content (AvgIpc) is 2.66. The van der Waals surface area contributed by atoms with Gasteiger partial charge < -0.3 is 10.6 Å². The Balaban J connectivity index is 2.22. The minimum atomic E-state index is -0.125. The van der Waals surface area contributed by atoms with E-state index in [9.17, 15) is 4.79 Å². The van der Waals surface area contributed by atoms with Crippen LogP contribution >= 0.6 is 0 Å². The summed E-state index contributed by atoms with van der Waals surface area (Å²) in [6, 6.07) is 0.305. The van der Waals surface area contributed by atoms with Gasteiger partial charge in [0.2, 0.25) is 5.91 Å². The molecule has 0 heterocycles. The molecule has 3 nitrogen and oxygen atoms in total. The van der Waals surface area contributed by atoms with Crippen LogP contribution in [0.3, 0.4) is 0 Å². The first-order valence-corrected chi connectivity index (χ1v) is 5.03. The Morgan fingerprint density at radius 2 is 2.29 bits per heavy atom. The molecular formula is C11H18N2O. The van der Waals surface area contributed by atoms with Gasteiger partial charge in [0.15, 0.2) is 0 Å². The second kappa shape index (κ2) is 5.60. The quantitative estimate of drug-likeness (QED) is 0.641. The Hall–Kier alpha value is -1.09. The molecule has 14 heavy (non-hydrogen) atoms. The number of nitrogens with one attached hydrogen (secondary N) is 2. The zero-order chi connectivity index (χ0) is 10.4. The van der Waals surface area contributed by atoms with Gasteiger partial charge in [-0.15, -0.1) is 6.58 Å². The van der Waals surface area contributed by atoms with Crippen molar-refractivity contribution in [3.8, 4) is 0 Å². The molecule has 1 aliphatic rings. The van der Waals surface area contributed by atoms with Crippen molar-refractivity contribution in [2.75, 3.05) is 6.54 Å². The molecule has 0 radical (unpaired) electrons. The lowest BCUT2D eigenvalue weighted by molar-refractivity contribution is -0.122. The number of rotatable bonds is 5. The smallest absolute Gasteiger partial charge is 0.237 e. The summed E-state index contributed by atoms with van der Waals surface area (Å²) < 4.78 is 0. The average molecular weight is 194 g/mol. The molecule has 0 bridgehead atoms. The first-order chi connectivity index (χ1) is 6.74. The van der Waals surface area contributed by atoms with Crippen LogP contribution in [0.25, 0.3) is 0 Å². The van der Waals surface area contributed by atoms with Crippen molar-refractivity contribution in [1.82, 2.24) is 10.6 Å². The lowest BCUT2D eigenvalue weighted by Crippen LogP contribution is -2.45. The van der Waals surface area contributed by atoms with Gasteiger partial charge >= 0.3 is 0 Å². The van der Waals surface area contributed by atoms with Gasteiger partial charge in [-0.2, -0.15) is 0 Å². The highest BCUT2D eigenvalue weighted by Gasteiger charge is 2.17. The van der Waals surface area contributed by atoms with Crippen molar-refractivity contribution >= 4 is 5.91 Å². The maximum absolute atomic E-state index is 11.4. The van der Waals surface area contributed by atoms with Crippen LogP contribution in [0, 0.1) is 0 Å². The molecule has 0 aromatic rings. The molecule has 0 aromatic heterocycles. The van der Waals surface area contributed by atoms with Crippen LogP contribution in [0.15, 0.2) is 24.8 Å². The summed E-state index contributed by atoms with van der Waals surface area (Å²) in [5, 5.41) is 6.04. The molecule has 1 amide bonds. The monoisotopic (exact) mass is 194 g/mol. The molecule has 2 N–H and O–H groups in total. The Morgan fingerprint density at radius 3 is 2.86 bits per heavy atom. The molecule has 1 unspecified atom stereocenters. The Labute approximate surface area is 85.3 Å². The number of amides is 1. The van der Waals surface area contributed by atoms with E-state index in [1.165, 1.54) is 0 Å². The van der Waals surface area contributed by atoms with E-state index in [-0.39, 0.29) is 11.9 Å². The minimum absolute atomic E-state index is 0.0387. The van der Waals surface area contributed by atoms with E-state index in [4.69, 9.17) is 0 Å². The summed E-state index contributed by atoms with van der Waals surface area (Å²) in [5.41, 5.74) is 0. The van der Waals surface area contributed by atoms with Gasteiger partial charge in [-0.25, -0.2) is 0 Å². The zero-order valence-electron chi connectivity index (χ0n) is 8.62. The van der Waals surface area contributed by atoms with Gasteiger partial charge in [0.05, 0.1) is 6.04 Å². The zero-order valence-corrected chi connectivity index (χ0v) is 8.62. The van der Waals surface area contributed by atoms with Crippen LogP contribution in [0.5, 0.6) is 0 Å². The summed E-state index contributed by atoms with van der Waals surface area (Å²) in [6.07, 6.45) is 8.03. The summed E-state index contributed by atoms with van der Waals surface area (Å²) in [6.45, 7) is 5.97. The van der Waals surface area contributed by atoms with E-state index in [0.717, 1.165) is 12.8 Å². The standard InChI is InChI=1S/C11H18N2O/c1-3-8-12-11(14)9(2)13-10-6-4-5-7-10/h3-5,9-10,13H,1,6-8H2,2H3,(H,12,14). The summed E-state index contributed by atoms with van der Waals surface area (Å²) in [5.74, 6) is 0.0387. The molecule has 3 heteroatoms. The van der Waals surface area contributed by atoms with Gasteiger partial charge in [0.1, 0.15) is 0 Å². The van der Waals surface area contributed by atoms with Crippen molar-refractivity contribution in [3.63, 3.8) is 0 Å². The highest BCUT2D eigenvalue weighted by atomic mass is 16.2. The third kappa shape index (κ3) is 3.34. The van der Waals surface area contributed by atoms with Crippen LogP contribution in [0.2, 0.25) is 0 Å². The van der Waals surface area contributed by atoms with Crippen LogP contribution in [0.4, 0.5) is 0 Å². The van der Waals surface area contributed by atoms with E-state index in [1.807, 2.05) is 6.92 Å². The van der Waals surface area contributed by atoms with Gasteiger partial charge in [0, 0.05) is 12.6 Å². The fourth-order valence-corrected chi connectivity index (χ4v) is 1.51. The fourth-order valence-electron chi connectivity index (χ4n) is 1.51. The number of carbonyl (C=O) groups is 1. The Kier molecular flexibility index (Phi) is 4.40. The molecule has 0 saturated heterocycles. The Bertz CT molecular complexity index is 227. The number of carbonyl (C=O) groups excluding carboxylic acids is 1. The third-order valence-electron chi connectivity index (χ3n) is 2.31. The van der Waals surface area contributed by atoms with E-state index in [0.29, 0.717) is 12.6 Å². The molecule has 0 spiro atoms. The lowest BCUT2D eigenvalue weighted by Gasteiger charge is -2.18. The normalized spacial score (nSPS) is 18.1. The summed E-state index contributed by atoms with van der Waals surface area (Å²) in [7, 11) is 0. The lowest BCUT2D eigenvalue weighted by atomic mass is 10.2. The predicted octanol–water partition coefficient (Wildman–Crippen LogP) is 0.985. The van der Waals surface area contributed by atoms with Crippen LogP contribution < -0.4 is 10.6 Å². The molecule has 1 atom stereocenters. The predicted molar refractivity (Wildman–Crippen MR) is 58.0 cm³/mol. The van der Waals surface area contributed by atoms with Gasteiger partial charge in [0.25, 0.3) is 0 Å². The Morgan fingerprint density at radius 1 is 1.64 bits per heavy atom. The van der Waals surface area contributed by atoms with Crippen LogP contribution in [-0.4, -0.2) is 24.5 Å². The van der Waals surface area contributed by atoms with Gasteiger partial charge in [-0.1, -0.05) is 18.2 Å². The van der Waals surface area contributed by atoms with Crippen molar-refractivity contribution in [2.45, 2.75) is 31.8 Å². The first-order valence-electron chi connectivity index (χ1n) is 5.03. The second-order valence-corrected chi connectivity index (χ2v) is 3.56. The molecule has 1 rings (SSSR count). The van der Waals surface area contributed by atoms with Gasteiger partial charge in [-0.05, 0) is 19.8 Å². The van der Waals surface area contributed by atoms with Crippen LogP contribution in [-0.2, 0) is 4.79 Å². The third-order valence-corrected chi connectivity index (χ3v) is 2.31. The van der Waals surface area contributed by atoms with Crippen molar-refractivity contribution < 1.29 is 4.79 Å². The van der Waals surface area contributed by atoms with Crippen molar-refractivity contribution in [1.29, 1.82) is 0 Å². The highest BCUT2D eigenvalue weighted by molar-refractivity contribution is 5.81. The van der Waals surface area contributed by atoms with Gasteiger partial charge in [-0.3, -0.25) is 4.79 Å².